The Bertz CT molecular complexity index is 1260. The van der Waals surface area contributed by atoms with Gasteiger partial charge in [-0.05, 0) is 70.6 Å². The molecule has 0 heterocycles. The van der Waals surface area contributed by atoms with Crippen LogP contribution in [0.2, 0.25) is 0 Å². The lowest BCUT2D eigenvalue weighted by Gasteiger charge is -2.41. The molecule has 14 heteroatoms. The van der Waals surface area contributed by atoms with Crippen molar-refractivity contribution in [3.8, 4) is 0 Å². The Morgan fingerprint density at radius 3 is 1.31 bits per heavy atom. The van der Waals surface area contributed by atoms with E-state index in [0.29, 0.717) is 12.8 Å². The van der Waals surface area contributed by atoms with Crippen LogP contribution in [0.3, 0.4) is 0 Å². The standard InChI is InChI=1S/C50H91O13P/c1-3-5-7-9-11-13-15-17-18-19-20-21-22-23-24-25-26-27-29-31-33-35-37-39-44(52)62-42(40-60-43(51)38-36-34-32-30-28-16-14-12-10-8-6-4-2)41-61-64(58,59)63-50-48(56)46(54)45(53)47(55)49(50)57/h12,14-15,17,19-20,42,45-50,53-57H,3-11,13,16,18,21-41H2,1-2H3,(H,58,59)/b14-12-,17-15-,20-19-. The molecule has 1 aliphatic carbocycles. The van der Waals surface area contributed by atoms with E-state index in [-0.39, 0.29) is 12.8 Å². The van der Waals surface area contributed by atoms with Gasteiger partial charge in [-0.1, -0.05) is 166 Å². The number of hydrogen-bond acceptors (Lipinski definition) is 12. The Morgan fingerprint density at radius 1 is 0.484 bits per heavy atom. The second kappa shape index (κ2) is 40.2. The average molecular weight is 931 g/mol. The lowest BCUT2D eigenvalue weighted by Crippen LogP contribution is -2.64. The van der Waals surface area contributed by atoms with Crippen LogP contribution in [0.15, 0.2) is 36.5 Å². The summed E-state index contributed by atoms with van der Waals surface area (Å²) in [5.74, 6) is -1.11. The van der Waals surface area contributed by atoms with Crippen LogP contribution in [0.4, 0.5) is 0 Å². The molecule has 0 amide bonds. The molecule has 0 bridgehead atoms. The number of rotatable bonds is 42. The fraction of sp³-hybridized carbons (Fsp3) is 0.840. The van der Waals surface area contributed by atoms with E-state index in [0.717, 1.165) is 77.0 Å². The summed E-state index contributed by atoms with van der Waals surface area (Å²) in [6.45, 7) is 3.27. The normalized spacial score (nSPS) is 21.8. The van der Waals surface area contributed by atoms with Crippen molar-refractivity contribution in [1.29, 1.82) is 0 Å². The number of carbonyl (C=O) groups is 2. The minimum absolute atomic E-state index is 0.0933. The summed E-state index contributed by atoms with van der Waals surface area (Å²) in [5.41, 5.74) is 0. The van der Waals surface area contributed by atoms with Gasteiger partial charge in [-0.15, -0.1) is 0 Å². The molecule has 6 N–H and O–H groups in total. The molecule has 0 spiro atoms. The van der Waals surface area contributed by atoms with Gasteiger partial charge in [0.05, 0.1) is 6.61 Å². The van der Waals surface area contributed by atoms with Gasteiger partial charge in [0.2, 0.25) is 0 Å². The minimum atomic E-state index is -5.12. The second-order valence-corrected chi connectivity index (χ2v) is 19.1. The molecule has 6 unspecified atom stereocenters. The number of phosphoric acid groups is 1. The van der Waals surface area contributed by atoms with E-state index in [1.807, 2.05) is 0 Å². The first-order valence-corrected chi connectivity index (χ1v) is 26.8. The summed E-state index contributed by atoms with van der Waals surface area (Å²) >= 11 is 0. The molecule has 0 saturated heterocycles. The second-order valence-electron chi connectivity index (χ2n) is 17.7. The van der Waals surface area contributed by atoms with Crippen molar-refractivity contribution >= 4 is 19.8 Å². The molecular weight excluding hydrogens is 840 g/mol. The highest BCUT2D eigenvalue weighted by Crippen LogP contribution is 2.47. The summed E-state index contributed by atoms with van der Waals surface area (Å²) < 4.78 is 33.6. The highest BCUT2D eigenvalue weighted by molar-refractivity contribution is 7.47. The Balaban J connectivity index is 2.37. The topological polar surface area (TPSA) is 210 Å². The summed E-state index contributed by atoms with van der Waals surface area (Å²) in [7, 11) is -5.12. The third-order valence-corrected chi connectivity index (χ3v) is 12.7. The number of carbonyl (C=O) groups excluding carboxylic acids is 2. The van der Waals surface area contributed by atoms with Crippen LogP contribution in [-0.2, 0) is 32.7 Å². The Hall–Kier alpha value is -1.93. The largest absolute Gasteiger partial charge is 0.472 e. The minimum Gasteiger partial charge on any atom is -0.462 e. The van der Waals surface area contributed by atoms with Gasteiger partial charge in [0.25, 0.3) is 0 Å². The number of aliphatic hydroxyl groups is 5. The molecule has 1 fully saturated rings. The first-order valence-electron chi connectivity index (χ1n) is 25.3. The van der Waals surface area contributed by atoms with Gasteiger partial charge in [-0.2, -0.15) is 0 Å². The Labute approximate surface area is 387 Å². The fourth-order valence-corrected chi connectivity index (χ4v) is 8.58. The fourth-order valence-electron chi connectivity index (χ4n) is 7.61. The smallest absolute Gasteiger partial charge is 0.462 e. The van der Waals surface area contributed by atoms with E-state index in [1.54, 1.807) is 0 Å². The molecule has 1 aliphatic rings. The summed E-state index contributed by atoms with van der Waals surface area (Å²) in [5, 5.41) is 50.2. The van der Waals surface area contributed by atoms with Crippen molar-refractivity contribution in [2.45, 2.75) is 256 Å². The third-order valence-electron chi connectivity index (χ3n) is 11.7. The number of phosphoric ester groups is 1. The first kappa shape index (κ1) is 60.1. The van der Waals surface area contributed by atoms with Gasteiger partial charge >= 0.3 is 19.8 Å². The van der Waals surface area contributed by atoms with E-state index >= 15 is 0 Å². The number of unbranched alkanes of at least 4 members (excludes halogenated alkanes) is 24. The first-order chi connectivity index (χ1) is 30.9. The molecule has 13 nitrogen and oxygen atoms in total. The van der Waals surface area contributed by atoms with Gasteiger partial charge in [0.1, 0.15) is 43.2 Å². The van der Waals surface area contributed by atoms with E-state index in [4.69, 9.17) is 18.5 Å². The van der Waals surface area contributed by atoms with E-state index in [1.165, 1.54) is 96.3 Å². The van der Waals surface area contributed by atoms with Crippen LogP contribution in [-0.4, -0.2) is 98.3 Å². The zero-order chi connectivity index (χ0) is 47.1. The van der Waals surface area contributed by atoms with E-state index in [9.17, 15) is 44.6 Å². The summed E-state index contributed by atoms with van der Waals surface area (Å²) in [6, 6.07) is 0. The van der Waals surface area contributed by atoms with Crippen LogP contribution < -0.4 is 0 Å². The molecule has 0 aromatic rings. The molecule has 0 aliphatic heterocycles. The quantitative estimate of drug-likeness (QED) is 0.0146. The van der Waals surface area contributed by atoms with Crippen molar-refractivity contribution in [3.63, 3.8) is 0 Å². The van der Waals surface area contributed by atoms with Crippen molar-refractivity contribution in [3.05, 3.63) is 36.5 Å². The number of ether oxygens (including phenoxy) is 2. The van der Waals surface area contributed by atoms with Gasteiger partial charge < -0.3 is 39.9 Å². The molecule has 64 heavy (non-hydrogen) atoms. The van der Waals surface area contributed by atoms with Crippen molar-refractivity contribution < 1.29 is 63.1 Å². The van der Waals surface area contributed by atoms with Crippen LogP contribution in [0, 0.1) is 0 Å². The third kappa shape index (κ3) is 31.9. The van der Waals surface area contributed by atoms with Crippen LogP contribution >= 0.6 is 7.82 Å². The number of hydrogen-bond donors (Lipinski definition) is 6. The molecule has 374 valence electrons. The maximum atomic E-state index is 12.8. The lowest BCUT2D eigenvalue weighted by atomic mass is 9.85. The van der Waals surface area contributed by atoms with Gasteiger partial charge in [-0.25, -0.2) is 4.57 Å². The number of allylic oxidation sites excluding steroid dienone is 6. The highest BCUT2D eigenvalue weighted by Gasteiger charge is 2.51. The highest BCUT2D eigenvalue weighted by atomic mass is 31.2. The predicted octanol–water partition coefficient (Wildman–Crippen LogP) is 10.6. The summed E-state index contributed by atoms with van der Waals surface area (Å²) in [4.78, 5) is 35.7. The van der Waals surface area contributed by atoms with Crippen LogP contribution in [0.5, 0.6) is 0 Å². The maximum Gasteiger partial charge on any atom is 0.472 e. The predicted molar refractivity (Wildman–Crippen MR) is 253 cm³/mol. The number of esters is 2. The molecule has 0 radical (unpaired) electrons. The zero-order valence-corrected chi connectivity index (χ0v) is 40.7. The maximum absolute atomic E-state index is 12.8. The van der Waals surface area contributed by atoms with Crippen LogP contribution in [0.25, 0.3) is 0 Å². The SMILES string of the molecule is CCCCC/C=C\CCCCCCCC(=O)OCC(COP(=O)(O)OC1C(O)C(O)C(O)C(O)C1O)OC(=O)CCCCCCCCCCCCC/C=C\C/C=C\CCCCCCC. The van der Waals surface area contributed by atoms with Gasteiger partial charge in [-0.3, -0.25) is 18.6 Å². The summed E-state index contributed by atoms with van der Waals surface area (Å²) in [6.07, 6.45) is 33.4. The van der Waals surface area contributed by atoms with Gasteiger partial charge in [0.15, 0.2) is 6.10 Å². The molecular formula is C50H91O13P. The molecule has 1 rings (SSSR count). The zero-order valence-electron chi connectivity index (χ0n) is 39.8. The van der Waals surface area contributed by atoms with Crippen molar-refractivity contribution in [2.75, 3.05) is 13.2 Å². The average Bonchev–Trinajstić information content (AvgIpc) is 3.28. The van der Waals surface area contributed by atoms with Crippen molar-refractivity contribution in [2.24, 2.45) is 0 Å². The monoisotopic (exact) mass is 931 g/mol. The van der Waals surface area contributed by atoms with Crippen LogP contribution in [0.1, 0.15) is 213 Å². The molecule has 6 atom stereocenters. The molecule has 0 aromatic heterocycles. The Kier molecular flexibility index (Phi) is 37.7. The van der Waals surface area contributed by atoms with E-state index < -0.39 is 75.7 Å². The number of aliphatic hydroxyl groups excluding tert-OH is 5. The van der Waals surface area contributed by atoms with Crippen molar-refractivity contribution in [1.82, 2.24) is 0 Å². The molecule has 1 saturated carbocycles. The Morgan fingerprint density at radius 2 is 0.844 bits per heavy atom. The van der Waals surface area contributed by atoms with E-state index in [2.05, 4.69) is 50.3 Å². The van der Waals surface area contributed by atoms with Gasteiger partial charge in [0, 0.05) is 12.8 Å². The molecule has 0 aromatic carbocycles. The lowest BCUT2D eigenvalue weighted by molar-refractivity contribution is -0.220.